The van der Waals surface area contributed by atoms with Crippen LogP contribution < -0.4 is 0 Å². The highest BCUT2D eigenvalue weighted by Crippen LogP contribution is 2.25. The molecule has 0 amide bonds. The third-order valence-corrected chi connectivity index (χ3v) is 4.19. The number of nitrogens with zero attached hydrogens (tertiary/aromatic N) is 2. The van der Waals surface area contributed by atoms with E-state index in [1.165, 1.54) is 0 Å². The Bertz CT molecular complexity index is 614. The lowest BCUT2D eigenvalue weighted by atomic mass is 9.94. The largest absolute Gasteiger partial charge is 0.439 e. The van der Waals surface area contributed by atoms with Gasteiger partial charge in [0.05, 0.1) is 18.3 Å². The number of halogens is 1. The van der Waals surface area contributed by atoms with Crippen LogP contribution in [0.5, 0.6) is 0 Å². The molecule has 112 valence electrons. The highest BCUT2D eigenvalue weighted by molar-refractivity contribution is 6.30. The molecule has 0 unspecified atom stereocenters. The van der Waals surface area contributed by atoms with E-state index in [9.17, 15) is 5.11 Å². The average Bonchev–Trinajstić information content (AvgIpc) is 2.90. The molecule has 0 aliphatic carbocycles. The predicted molar refractivity (Wildman–Crippen MR) is 82.1 cm³/mol. The number of oxazole rings is 1. The second-order valence-corrected chi connectivity index (χ2v) is 6.34. The maximum atomic E-state index is 9.96. The van der Waals surface area contributed by atoms with Crippen LogP contribution in [0.25, 0.3) is 11.3 Å². The van der Waals surface area contributed by atoms with Gasteiger partial charge in [-0.05, 0) is 31.9 Å². The van der Waals surface area contributed by atoms with Crippen molar-refractivity contribution in [1.82, 2.24) is 9.88 Å². The molecule has 1 saturated heterocycles. The summed E-state index contributed by atoms with van der Waals surface area (Å²) in [6.45, 7) is 4.30. The standard InChI is InChI=1S/C16H19ClN2O2/c1-16(20)5-7-19(8-6-16)11-15-18-10-14(21-15)12-3-2-4-13(17)9-12/h2-4,9-10,20H,5-8,11H2,1H3. The normalized spacial score (nSPS) is 18.8. The Morgan fingerprint density at radius 3 is 2.86 bits per heavy atom. The van der Waals surface area contributed by atoms with Crippen LogP contribution >= 0.6 is 11.6 Å². The third-order valence-electron chi connectivity index (χ3n) is 3.95. The number of piperidine rings is 1. The Morgan fingerprint density at radius 2 is 2.14 bits per heavy atom. The van der Waals surface area contributed by atoms with E-state index in [1.54, 1.807) is 6.20 Å². The maximum absolute atomic E-state index is 9.96. The topological polar surface area (TPSA) is 49.5 Å². The number of benzene rings is 1. The Morgan fingerprint density at radius 1 is 1.38 bits per heavy atom. The van der Waals surface area contributed by atoms with Crippen molar-refractivity contribution in [3.8, 4) is 11.3 Å². The van der Waals surface area contributed by atoms with Gasteiger partial charge >= 0.3 is 0 Å². The van der Waals surface area contributed by atoms with Crippen LogP contribution in [0.1, 0.15) is 25.7 Å². The van der Waals surface area contributed by atoms with Gasteiger partial charge in [0.15, 0.2) is 5.76 Å². The Balaban J connectivity index is 1.66. The SMILES string of the molecule is CC1(O)CCN(Cc2ncc(-c3cccc(Cl)c3)o2)CC1. The van der Waals surface area contributed by atoms with Gasteiger partial charge in [0.1, 0.15) is 0 Å². The van der Waals surface area contributed by atoms with Crippen LogP contribution in [-0.2, 0) is 6.54 Å². The summed E-state index contributed by atoms with van der Waals surface area (Å²) < 4.78 is 5.81. The summed E-state index contributed by atoms with van der Waals surface area (Å²) in [5.41, 5.74) is 0.404. The Hall–Kier alpha value is -1.36. The monoisotopic (exact) mass is 306 g/mol. The van der Waals surface area contributed by atoms with Crippen LogP contribution in [-0.4, -0.2) is 33.7 Å². The summed E-state index contributed by atoms with van der Waals surface area (Å²) in [5, 5.41) is 10.6. The molecule has 0 spiro atoms. The molecule has 1 N–H and O–H groups in total. The van der Waals surface area contributed by atoms with Crippen LogP contribution in [0.3, 0.4) is 0 Å². The Kier molecular flexibility index (Phi) is 4.02. The molecular weight excluding hydrogens is 288 g/mol. The van der Waals surface area contributed by atoms with E-state index in [1.807, 2.05) is 31.2 Å². The van der Waals surface area contributed by atoms with E-state index < -0.39 is 5.60 Å². The van der Waals surface area contributed by atoms with Gasteiger partial charge in [-0.15, -0.1) is 0 Å². The lowest BCUT2D eigenvalue weighted by Crippen LogP contribution is -2.41. The minimum atomic E-state index is -0.529. The second-order valence-electron chi connectivity index (χ2n) is 5.90. The fourth-order valence-electron chi connectivity index (χ4n) is 2.54. The van der Waals surface area contributed by atoms with Gasteiger partial charge in [0.25, 0.3) is 0 Å². The summed E-state index contributed by atoms with van der Waals surface area (Å²) in [4.78, 5) is 6.59. The fraction of sp³-hybridized carbons (Fsp3) is 0.438. The number of likely N-dealkylation sites (tertiary alicyclic amines) is 1. The van der Waals surface area contributed by atoms with Crippen molar-refractivity contribution in [2.45, 2.75) is 31.9 Å². The summed E-state index contributed by atoms with van der Waals surface area (Å²) >= 11 is 5.99. The zero-order valence-corrected chi connectivity index (χ0v) is 12.8. The molecule has 2 heterocycles. The van der Waals surface area contributed by atoms with E-state index in [0.717, 1.165) is 37.3 Å². The zero-order chi connectivity index (χ0) is 14.9. The number of rotatable bonds is 3. The van der Waals surface area contributed by atoms with Crippen LogP contribution in [0.2, 0.25) is 5.02 Å². The first-order chi connectivity index (χ1) is 10.0. The van der Waals surface area contributed by atoms with E-state index in [0.29, 0.717) is 17.5 Å². The Labute approximate surface area is 129 Å². The van der Waals surface area contributed by atoms with Crippen LogP contribution in [0, 0.1) is 0 Å². The summed E-state index contributed by atoms with van der Waals surface area (Å²) in [6.07, 6.45) is 3.31. The van der Waals surface area contributed by atoms with Gasteiger partial charge < -0.3 is 9.52 Å². The molecule has 1 aliphatic rings. The van der Waals surface area contributed by atoms with Crippen molar-refractivity contribution < 1.29 is 9.52 Å². The highest BCUT2D eigenvalue weighted by Gasteiger charge is 2.27. The summed E-state index contributed by atoms with van der Waals surface area (Å²) in [7, 11) is 0. The fourth-order valence-corrected chi connectivity index (χ4v) is 2.73. The molecule has 0 atom stereocenters. The molecule has 1 aromatic carbocycles. The average molecular weight is 307 g/mol. The van der Waals surface area contributed by atoms with Crippen LogP contribution in [0.15, 0.2) is 34.9 Å². The first-order valence-electron chi connectivity index (χ1n) is 7.17. The molecule has 1 aromatic heterocycles. The molecule has 0 saturated carbocycles. The first-order valence-corrected chi connectivity index (χ1v) is 7.55. The van der Waals surface area contributed by atoms with E-state index in [4.69, 9.17) is 16.0 Å². The molecule has 21 heavy (non-hydrogen) atoms. The second kappa shape index (κ2) is 5.79. The zero-order valence-electron chi connectivity index (χ0n) is 12.1. The summed E-state index contributed by atoms with van der Waals surface area (Å²) in [6, 6.07) is 7.55. The van der Waals surface area contributed by atoms with E-state index in [-0.39, 0.29) is 0 Å². The molecule has 1 aliphatic heterocycles. The first kappa shape index (κ1) is 14.6. The summed E-state index contributed by atoms with van der Waals surface area (Å²) in [5.74, 6) is 1.43. The lowest BCUT2D eigenvalue weighted by molar-refractivity contribution is -0.00905. The molecule has 5 heteroatoms. The molecule has 4 nitrogen and oxygen atoms in total. The maximum Gasteiger partial charge on any atom is 0.209 e. The van der Waals surface area contributed by atoms with Crippen molar-refractivity contribution >= 4 is 11.6 Å². The number of aliphatic hydroxyl groups is 1. The number of hydrogen-bond donors (Lipinski definition) is 1. The molecular formula is C16H19ClN2O2. The van der Waals surface area contributed by atoms with Gasteiger partial charge in [0.2, 0.25) is 5.89 Å². The van der Waals surface area contributed by atoms with Crippen molar-refractivity contribution in [3.05, 3.63) is 41.4 Å². The molecule has 0 radical (unpaired) electrons. The van der Waals surface area contributed by atoms with Gasteiger partial charge in [-0.25, -0.2) is 4.98 Å². The van der Waals surface area contributed by atoms with Gasteiger partial charge in [-0.2, -0.15) is 0 Å². The van der Waals surface area contributed by atoms with E-state index in [2.05, 4.69) is 9.88 Å². The highest BCUT2D eigenvalue weighted by atomic mass is 35.5. The van der Waals surface area contributed by atoms with Crippen LogP contribution in [0.4, 0.5) is 0 Å². The van der Waals surface area contributed by atoms with Gasteiger partial charge in [-0.3, -0.25) is 4.90 Å². The lowest BCUT2D eigenvalue weighted by Gasteiger charge is -2.35. The predicted octanol–water partition coefficient (Wildman–Crippen LogP) is 3.34. The molecule has 1 fully saturated rings. The molecule has 2 aromatic rings. The van der Waals surface area contributed by atoms with Gasteiger partial charge in [-0.1, -0.05) is 23.7 Å². The minimum Gasteiger partial charge on any atom is -0.439 e. The van der Waals surface area contributed by atoms with Crippen molar-refractivity contribution in [3.63, 3.8) is 0 Å². The third kappa shape index (κ3) is 3.64. The van der Waals surface area contributed by atoms with Crippen molar-refractivity contribution in [2.24, 2.45) is 0 Å². The number of aromatic nitrogens is 1. The number of hydrogen-bond acceptors (Lipinski definition) is 4. The van der Waals surface area contributed by atoms with Crippen molar-refractivity contribution in [2.75, 3.05) is 13.1 Å². The minimum absolute atomic E-state index is 0.529. The van der Waals surface area contributed by atoms with Crippen molar-refractivity contribution in [1.29, 1.82) is 0 Å². The van der Waals surface area contributed by atoms with E-state index >= 15 is 0 Å². The smallest absolute Gasteiger partial charge is 0.209 e. The quantitative estimate of drug-likeness (QED) is 0.945. The molecule has 3 rings (SSSR count). The van der Waals surface area contributed by atoms with Gasteiger partial charge in [0, 0.05) is 23.7 Å². The molecule has 0 bridgehead atoms.